The van der Waals surface area contributed by atoms with Crippen LogP contribution in [-0.2, 0) is 6.61 Å². The average molecular weight is 533 g/mol. The van der Waals surface area contributed by atoms with E-state index >= 15 is 0 Å². The van der Waals surface area contributed by atoms with E-state index in [1.807, 2.05) is 0 Å². The molecule has 0 spiro atoms. The number of carbonyl (C=O) groups excluding carboxylic acids is 1. The number of imidazole rings is 1. The summed E-state index contributed by atoms with van der Waals surface area (Å²) in [6, 6.07) is 10.5. The molecule has 1 atom stereocenters. The Morgan fingerprint density at radius 3 is 2.42 bits per heavy atom. The number of nitrogens with two attached hydrogens (primary N) is 1. The molecule has 2 N–H and O–H groups in total. The maximum Gasteiger partial charge on any atom is 0.573 e. The van der Waals surface area contributed by atoms with Gasteiger partial charge in [-0.1, -0.05) is 18.2 Å². The first-order valence-electron chi connectivity index (χ1n) is 11.6. The normalized spacial score (nSPS) is 12.5. The summed E-state index contributed by atoms with van der Waals surface area (Å²) in [6.07, 6.45) is -3.28. The predicted molar refractivity (Wildman–Crippen MR) is 129 cm³/mol. The molecule has 0 saturated heterocycles. The van der Waals surface area contributed by atoms with E-state index in [1.54, 1.807) is 32.2 Å². The van der Waals surface area contributed by atoms with Crippen molar-refractivity contribution in [1.82, 2.24) is 9.38 Å². The lowest BCUT2D eigenvalue weighted by Gasteiger charge is -2.17. The molecular formula is C27H24F5N3O3. The van der Waals surface area contributed by atoms with Gasteiger partial charge in [0.05, 0.1) is 11.3 Å². The zero-order chi connectivity index (χ0) is 27.6. The van der Waals surface area contributed by atoms with Crippen LogP contribution in [-0.4, -0.2) is 28.1 Å². The molecule has 2 aromatic carbocycles. The van der Waals surface area contributed by atoms with E-state index in [1.165, 1.54) is 28.7 Å². The van der Waals surface area contributed by atoms with E-state index in [0.29, 0.717) is 16.8 Å². The largest absolute Gasteiger partial charge is 0.573 e. The Balaban J connectivity index is 1.62. The molecule has 0 aliphatic rings. The first kappa shape index (κ1) is 27.1. The number of halogens is 5. The van der Waals surface area contributed by atoms with Crippen molar-refractivity contribution in [2.45, 2.75) is 39.2 Å². The van der Waals surface area contributed by atoms with E-state index < -0.39 is 36.3 Å². The van der Waals surface area contributed by atoms with Crippen molar-refractivity contribution < 1.29 is 36.2 Å². The Bertz CT molecular complexity index is 1460. The number of pyridine rings is 1. The standard InChI is InChI=1S/C27H24F5N3O3/c1-15-9-24(37-14-20-21(28)7-4-8-22(20)29)26-34-16(2)25(35(26)13-15)23(36)11-18(12-33)17-5-3-6-19(10-17)38-27(30,31)32/h3-10,13,18H,11-12,14,33H2,1-2H3. The Morgan fingerprint density at radius 1 is 1.08 bits per heavy atom. The highest BCUT2D eigenvalue weighted by Crippen LogP contribution is 2.30. The lowest BCUT2D eigenvalue weighted by Crippen LogP contribution is -2.19. The highest BCUT2D eigenvalue weighted by Gasteiger charge is 2.31. The third-order valence-electron chi connectivity index (χ3n) is 5.97. The van der Waals surface area contributed by atoms with Gasteiger partial charge >= 0.3 is 6.36 Å². The summed E-state index contributed by atoms with van der Waals surface area (Å²) in [5.41, 5.74) is 7.65. The summed E-state index contributed by atoms with van der Waals surface area (Å²) in [7, 11) is 0. The van der Waals surface area contributed by atoms with Crippen molar-refractivity contribution >= 4 is 11.4 Å². The van der Waals surface area contributed by atoms with E-state index in [2.05, 4.69) is 9.72 Å². The number of nitrogens with zero attached hydrogens (tertiary/aromatic N) is 2. The molecule has 4 aromatic rings. The molecule has 0 radical (unpaired) electrons. The minimum absolute atomic E-state index is 0.00140. The van der Waals surface area contributed by atoms with Crippen LogP contribution in [0.15, 0.2) is 54.7 Å². The molecule has 2 aromatic heterocycles. The van der Waals surface area contributed by atoms with Crippen LogP contribution in [0.1, 0.15) is 45.2 Å². The number of ketones is 1. The minimum Gasteiger partial charge on any atom is -0.485 e. The molecule has 38 heavy (non-hydrogen) atoms. The molecule has 2 heterocycles. The average Bonchev–Trinajstić information content (AvgIpc) is 3.16. The van der Waals surface area contributed by atoms with E-state index in [4.69, 9.17) is 10.5 Å². The Morgan fingerprint density at radius 2 is 1.76 bits per heavy atom. The van der Waals surface area contributed by atoms with Crippen LogP contribution in [0.25, 0.3) is 5.65 Å². The van der Waals surface area contributed by atoms with Crippen LogP contribution >= 0.6 is 0 Å². The molecule has 1 unspecified atom stereocenters. The number of hydrogen-bond donors (Lipinski definition) is 1. The third-order valence-corrected chi connectivity index (χ3v) is 5.97. The molecule has 0 bridgehead atoms. The number of alkyl halides is 3. The van der Waals surface area contributed by atoms with Gasteiger partial charge in [-0.2, -0.15) is 0 Å². The van der Waals surface area contributed by atoms with Gasteiger partial charge in [0.25, 0.3) is 0 Å². The summed E-state index contributed by atoms with van der Waals surface area (Å²) in [4.78, 5) is 17.9. The highest BCUT2D eigenvalue weighted by molar-refractivity contribution is 5.97. The van der Waals surface area contributed by atoms with Gasteiger partial charge in [0.1, 0.15) is 29.7 Å². The van der Waals surface area contributed by atoms with Crippen molar-refractivity contribution in [3.8, 4) is 11.5 Å². The molecule has 11 heteroatoms. The summed E-state index contributed by atoms with van der Waals surface area (Å²) >= 11 is 0. The molecule has 6 nitrogen and oxygen atoms in total. The van der Waals surface area contributed by atoms with Crippen LogP contribution in [0.4, 0.5) is 22.0 Å². The van der Waals surface area contributed by atoms with Crippen LogP contribution in [0.5, 0.6) is 11.5 Å². The molecule has 0 amide bonds. The summed E-state index contributed by atoms with van der Waals surface area (Å²) in [6.45, 7) is 3.00. The molecule has 200 valence electrons. The highest BCUT2D eigenvalue weighted by atomic mass is 19.4. The monoisotopic (exact) mass is 533 g/mol. The smallest absolute Gasteiger partial charge is 0.485 e. The van der Waals surface area contributed by atoms with Crippen LogP contribution < -0.4 is 15.2 Å². The molecular weight excluding hydrogens is 509 g/mol. The van der Waals surface area contributed by atoms with Gasteiger partial charge in [0, 0.05) is 18.5 Å². The molecule has 4 rings (SSSR count). The van der Waals surface area contributed by atoms with Crippen molar-refractivity contribution in [1.29, 1.82) is 0 Å². The first-order valence-corrected chi connectivity index (χ1v) is 11.6. The molecule has 0 saturated carbocycles. The fourth-order valence-corrected chi connectivity index (χ4v) is 4.24. The molecule has 0 aliphatic carbocycles. The van der Waals surface area contributed by atoms with Gasteiger partial charge < -0.3 is 15.2 Å². The van der Waals surface area contributed by atoms with Gasteiger partial charge in [-0.05, 0) is 61.9 Å². The van der Waals surface area contributed by atoms with Crippen molar-refractivity contribution in [2.24, 2.45) is 5.73 Å². The zero-order valence-electron chi connectivity index (χ0n) is 20.5. The minimum atomic E-state index is -4.85. The lowest BCUT2D eigenvalue weighted by molar-refractivity contribution is -0.274. The van der Waals surface area contributed by atoms with E-state index in [0.717, 1.165) is 12.1 Å². The fourth-order valence-electron chi connectivity index (χ4n) is 4.24. The van der Waals surface area contributed by atoms with Crippen molar-refractivity contribution in [3.05, 3.63) is 94.4 Å². The maximum absolute atomic E-state index is 14.1. The van der Waals surface area contributed by atoms with Crippen molar-refractivity contribution in [2.75, 3.05) is 6.54 Å². The second-order valence-corrected chi connectivity index (χ2v) is 8.79. The van der Waals surface area contributed by atoms with E-state index in [9.17, 15) is 26.7 Å². The number of fused-ring (bicyclic) bond motifs is 1. The number of aryl methyl sites for hydroxylation is 2. The van der Waals surface area contributed by atoms with Gasteiger partial charge in [0.2, 0.25) is 0 Å². The Kier molecular flexibility index (Phi) is 7.68. The SMILES string of the molecule is Cc1cc(OCc2c(F)cccc2F)c2nc(C)c(C(=O)CC(CN)c3cccc(OC(F)(F)F)c3)n2c1. The summed E-state index contributed by atoms with van der Waals surface area (Å²) in [5, 5.41) is 0. The summed E-state index contributed by atoms with van der Waals surface area (Å²) < 4.78 is 77.3. The summed E-state index contributed by atoms with van der Waals surface area (Å²) in [5.74, 6) is -2.61. The number of carbonyl (C=O) groups is 1. The Labute approximate surface area is 214 Å². The second-order valence-electron chi connectivity index (χ2n) is 8.79. The molecule has 0 aliphatic heterocycles. The van der Waals surface area contributed by atoms with Crippen LogP contribution in [0.2, 0.25) is 0 Å². The maximum atomic E-state index is 14.1. The van der Waals surface area contributed by atoms with Crippen LogP contribution in [0, 0.1) is 25.5 Å². The number of Topliss-reactive ketones (excluding diaryl/α,β-unsaturated/α-hetero) is 1. The number of aromatic nitrogens is 2. The quantitative estimate of drug-likeness (QED) is 0.210. The molecule has 0 fully saturated rings. The van der Waals surface area contributed by atoms with Gasteiger partial charge in [-0.15, -0.1) is 13.2 Å². The number of benzene rings is 2. The lowest BCUT2D eigenvalue weighted by atomic mass is 9.92. The first-order chi connectivity index (χ1) is 18.0. The topological polar surface area (TPSA) is 78.8 Å². The fraction of sp³-hybridized carbons (Fsp3) is 0.259. The second kappa shape index (κ2) is 10.8. The number of rotatable bonds is 9. The predicted octanol–water partition coefficient (Wildman–Crippen LogP) is 6.02. The van der Waals surface area contributed by atoms with Gasteiger partial charge in [-0.25, -0.2) is 13.8 Å². The van der Waals surface area contributed by atoms with Gasteiger partial charge in [0.15, 0.2) is 17.2 Å². The Hall–Kier alpha value is -3.99. The number of ether oxygens (including phenoxy) is 2. The zero-order valence-corrected chi connectivity index (χ0v) is 20.5. The van der Waals surface area contributed by atoms with Crippen molar-refractivity contribution in [3.63, 3.8) is 0 Å². The third kappa shape index (κ3) is 5.94. The number of hydrogen-bond acceptors (Lipinski definition) is 5. The van der Waals surface area contributed by atoms with E-state index in [-0.39, 0.29) is 41.4 Å². The van der Waals surface area contributed by atoms with Gasteiger partial charge in [-0.3, -0.25) is 9.20 Å². The van der Waals surface area contributed by atoms with Crippen LogP contribution in [0.3, 0.4) is 0 Å².